The molecular weight excluding hydrogens is 364 g/mol. The lowest BCUT2D eigenvalue weighted by Gasteiger charge is -2.32. The summed E-state index contributed by atoms with van der Waals surface area (Å²) in [5.74, 6) is 0.660. The second kappa shape index (κ2) is 9.00. The van der Waals surface area contributed by atoms with Gasteiger partial charge in [-0.1, -0.05) is 43.6 Å². The third-order valence-corrected chi connectivity index (χ3v) is 6.66. The molecule has 2 aromatic rings. The average Bonchev–Trinajstić information content (AvgIpc) is 3.15. The van der Waals surface area contributed by atoms with Crippen LogP contribution < -0.4 is 0 Å². The lowest BCUT2D eigenvalue weighted by Crippen LogP contribution is -2.17. The van der Waals surface area contributed by atoms with Crippen LogP contribution in [0.25, 0.3) is 11.1 Å². The number of phenolic OH excluding ortho intramolecular Hbond substituents is 2. The van der Waals surface area contributed by atoms with Gasteiger partial charge in [-0.2, -0.15) is 11.3 Å². The van der Waals surface area contributed by atoms with Crippen LogP contribution in [0.2, 0.25) is 0 Å². The second-order valence-corrected chi connectivity index (χ2v) is 8.97. The Kier molecular flexibility index (Phi) is 6.66. The topological polar surface area (TPSA) is 40.5 Å². The fourth-order valence-electron chi connectivity index (χ4n) is 4.45. The van der Waals surface area contributed by atoms with E-state index in [1.807, 2.05) is 11.4 Å². The number of unbranched alkanes of at least 4 members (excludes halogenated alkanes) is 2. The lowest BCUT2D eigenvalue weighted by atomic mass is 9.73. The first kappa shape index (κ1) is 20.7. The maximum absolute atomic E-state index is 11.4. The molecule has 1 aromatic carbocycles. The highest BCUT2D eigenvalue weighted by Gasteiger charge is 2.32. The predicted octanol–water partition coefficient (Wildman–Crippen LogP) is 7.58. The van der Waals surface area contributed by atoms with E-state index in [2.05, 4.69) is 44.9 Å². The standard InChI is InChI=1S/C25H32O2S/c1-5-6-7-8-18-14-22(26)24(25(27)23(18)19-11-12-28-15-19)21-13-17(4)9-10-20(21)16(2)3/h11-15,20-21,26-27H,2,5-10H2,1,3-4H3/t20-,21+/m0/s1. The van der Waals surface area contributed by atoms with Crippen LogP contribution in [-0.2, 0) is 6.42 Å². The number of thiophene rings is 1. The van der Waals surface area contributed by atoms with Gasteiger partial charge in [0, 0.05) is 17.0 Å². The Bertz CT molecular complexity index is 861. The van der Waals surface area contributed by atoms with Crippen LogP contribution in [0.3, 0.4) is 0 Å². The van der Waals surface area contributed by atoms with Gasteiger partial charge in [-0.25, -0.2) is 0 Å². The zero-order valence-electron chi connectivity index (χ0n) is 17.3. The van der Waals surface area contributed by atoms with Crippen molar-refractivity contribution in [2.45, 2.75) is 65.2 Å². The molecule has 0 unspecified atom stereocenters. The molecule has 2 atom stereocenters. The normalized spacial score (nSPS) is 19.5. The van der Waals surface area contributed by atoms with Gasteiger partial charge in [-0.3, -0.25) is 0 Å². The molecule has 2 nitrogen and oxygen atoms in total. The molecule has 3 heteroatoms. The van der Waals surface area contributed by atoms with Crippen LogP contribution in [0.4, 0.5) is 0 Å². The van der Waals surface area contributed by atoms with Crippen molar-refractivity contribution in [2.24, 2.45) is 5.92 Å². The van der Waals surface area contributed by atoms with E-state index in [4.69, 9.17) is 0 Å². The van der Waals surface area contributed by atoms with Gasteiger partial charge in [-0.05, 0) is 79.5 Å². The van der Waals surface area contributed by atoms with E-state index in [0.717, 1.165) is 60.8 Å². The van der Waals surface area contributed by atoms with Crippen molar-refractivity contribution in [1.82, 2.24) is 0 Å². The Morgan fingerprint density at radius 3 is 2.71 bits per heavy atom. The van der Waals surface area contributed by atoms with Crippen molar-refractivity contribution in [2.75, 3.05) is 0 Å². The maximum atomic E-state index is 11.4. The molecule has 1 aliphatic carbocycles. The number of aryl methyl sites for hydroxylation is 1. The fourth-order valence-corrected chi connectivity index (χ4v) is 5.10. The highest BCUT2D eigenvalue weighted by atomic mass is 32.1. The molecule has 1 aliphatic rings. The van der Waals surface area contributed by atoms with Crippen LogP contribution in [0.1, 0.15) is 69.9 Å². The maximum Gasteiger partial charge on any atom is 0.131 e. The van der Waals surface area contributed by atoms with Crippen LogP contribution in [0, 0.1) is 5.92 Å². The van der Waals surface area contributed by atoms with Gasteiger partial charge in [0.05, 0.1) is 0 Å². The Morgan fingerprint density at radius 2 is 2.07 bits per heavy atom. The van der Waals surface area contributed by atoms with E-state index in [1.165, 1.54) is 5.57 Å². The Balaban J connectivity index is 2.15. The number of aromatic hydroxyl groups is 2. The van der Waals surface area contributed by atoms with Gasteiger partial charge in [-0.15, -0.1) is 0 Å². The van der Waals surface area contributed by atoms with E-state index < -0.39 is 0 Å². The summed E-state index contributed by atoms with van der Waals surface area (Å²) in [5.41, 5.74) is 6.05. The molecule has 3 rings (SSSR count). The summed E-state index contributed by atoms with van der Waals surface area (Å²) < 4.78 is 0. The first-order valence-corrected chi connectivity index (χ1v) is 11.3. The molecule has 0 saturated carbocycles. The lowest BCUT2D eigenvalue weighted by molar-refractivity contribution is 0.407. The summed E-state index contributed by atoms with van der Waals surface area (Å²) in [5, 5.41) is 26.5. The summed E-state index contributed by atoms with van der Waals surface area (Å²) in [6.07, 6.45) is 8.48. The number of hydrogen-bond acceptors (Lipinski definition) is 3. The minimum absolute atomic E-state index is 0.0340. The first-order valence-electron chi connectivity index (χ1n) is 10.4. The number of hydrogen-bond donors (Lipinski definition) is 2. The largest absolute Gasteiger partial charge is 0.507 e. The molecule has 0 spiro atoms. The number of phenols is 2. The van der Waals surface area contributed by atoms with E-state index in [-0.39, 0.29) is 23.3 Å². The SMILES string of the molecule is C=C(C)[C@@H]1CCC(C)=C[C@H]1c1c(O)cc(CCCCC)c(-c2ccsc2)c1O. The molecule has 0 radical (unpaired) electrons. The van der Waals surface area contributed by atoms with Crippen molar-refractivity contribution in [3.05, 3.63) is 57.8 Å². The van der Waals surface area contributed by atoms with Crippen molar-refractivity contribution < 1.29 is 10.2 Å². The summed E-state index contributed by atoms with van der Waals surface area (Å²) in [6, 6.07) is 3.95. The molecule has 1 aromatic heterocycles. The molecule has 1 heterocycles. The number of rotatable bonds is 7. The molecule has 28 heavy (non-hydrogen) atoms. The van der Waals surface area contributed by atoms with Gasteiger partial charge in [0.25, 0.3) is 0 Å². The van der Waals surface area contributed by atoms with Gasteiger partial charge in [0.15, 0.2) is 0 Å². The smallest absolute Gasteiger partial charge is 0.131 e. The van der Waals surface area contributed by atoms with Crippen LogP contribution in [-0.4, -0.2) is 10.2 Å². The van der Waals surface area contributed by atoms with Crippen molar-refractivity contribution in [3.8, 4) is 22.6 Å². The summed E-state index contributed by atoms with van der Waals surface area (Å²) in [7, 11) is 0. The van der Waals surface area contributed by atoms with Crippen molar-refractivity contribution in [1.29, 1.82) is 0 Å². The van der Waals surface area contributed by atoms with Gasteiger partial charge in [0.1, 0.15) is 11.5 Å². The van der Waals surface area contributed by atoms with Gasteiger partial charge in [0.2, 0.25) is 0 Å². The van der Waals surface area contributed by atoms with Crippen LogP contribution >= 0.6 is 11.3 Å². The minimum Gasteiger partial charge on any atom is -0.507 e. The van der Waals surface area contributed by atoms with E-state index in [1.54, 1.807) is 11.3 Å². The quantitative estimate of drug-likeness (QED) is 0.374. The molecule has 0 saturated heterocycles. The highest BCUT2D eigenvalue weighted by molar-refractivity contribution is 7.08. The summed E-state index contributed by atoms with van der Waals surface area (Å²) >= 11 is 1.63. The fraction of sp³-hybridized carbons (Fsp3) is 0.440. The second-order valence-electron chi connectivity index (χ2n) is 8.19. The van der Waals surface area contributed by atoms with Gasteiger partial charge >= 0.3 is 0 Å². The Morgan fingerprint density at radius 1 is 1.29 bits per heavy atom. The van der Waals surface area contributed by atoms with Crippen LogP contribution in [0.15, 0.2) is 46.7 Å². The zero-order valence-corrected chi connectivity index (χ0v) is 18.1. The van der Waals surface area contributed by atoms with Crippen molar-refractivity contribution >= 4 is 11.3 Å². The Labute approximate surface area is 173 Å². The molecule has 0 bridgehead atoms. The molecule has 0 amide bonds. The molecular formula is C25H32O2S. The molecule has 150 valence electrons. The monoisotopic (exact) mass is 396 g/mol. The average molecular weight is 397 g/mol. The first-order chi connectivity index (χ1) is 13.4. The molecule has 0 aliphatic heterocycles. The number of allylic oxidation sites excluding steroid dienone is 3. The Hall–Kier alpha value is -2.00. The zero-order chi connectivity index (χ0) is 20.3. The van der Waals surface area contributed by atoms with Gasteiger partial charge < -0.3 is 10.2 Å². The van der Waals surface area contributed by atoms with Crippen LogP contribution in [0.5, 0.6) is 11.5 Å². The predicted molar refractivity (Wildman–Crippen MR) is 120 cm³/mol. The van der Waals surface area contributed by atoms with E-state index in [9.17, 15) is 10.2 Å². The molecule has 2 N–H and O–H groups in total. The van der Waals surface area contributed by atoms with E-state index in [0.29, 0.717) is 5.56 Å². The third kappa shape index (κ3) is 4.20. The minimum atomic E-state index is -0.0340. The third-order valence-electron chi connectivity index (χ3n) is 5.97. The highest BCUT2D eigenvalue weighted by Crippen LogP contribution is 2.50. The van der Waals surface area contributed by atoms with E-state index >= 15 is 0 Å². The summed E-state index contributed by atoms with van der Waals surface area (Å²) in [6.45, 7) is 10.6. The van der Waals surface area contributed by atoms with Crippen molar-refractivity contribution in [3.63, 3.8) is 0 Å². The molecule has 0 fully saturated rings. The number of benzene rings is 1. The summed E-state index contributed by atoms with van der Waals surface area (Å²) in [4.78, 5) is 0.